The molecule has 0 unspecified atom stereocenters. The van der Waals surface area contributed by atoms with Crippen LogP contribution < -0.4 is 21.3 Å². The molecular formula is C41H38FN7O4. The van der Waals surface area contributed by atoms with E-state index in [9.17, 15) is 19.2 Å². The van der Waals surface area contributed by atoms with E-state index in [0.29, 0.717) is 65.8 Å². The van der Waals surface area contributed by atoms with Gasteiger partial charge in [0.1, 0.15) is 11.6 Å². The monoisotopic (exact) mass is 711 g/mol. The molecule has 0 spiro atoms. The molecular weight excluding hydrogens is 673 g/mol. The van der Waals surface area contributed by atoms with Crippen LogP contribution in [-0.2, 0) is 13.0 Å². The number of piperazine rings is 1. The van der Waals surface area contributed by atoms with Gasteiger partial charge < -0.3 is 20.1 Å². The first-order valence-electron chi connectivity index (χ1n) is 17.4. The number of halogens is 1. The molecule has 6 aromatic rings. The number of nitrogens with one attached hydrogen (secondary N) is 3. The minimum atomic E-state index is -0.592. The molecule has 268 valence electrons. The number of aromatic nitrogens is 4. The van der Waals surface area contributed by atoms with Crippen LogP contribution in [0.1, 0.15) is 54.4 Å². The molecule has 11 nitrogen and oxygen atoms in total. The van der Waals surface area contributed by atoms with Crippen LogP contribution in [0.5, 0.6) is 0 Å². The van der Waals surface area contributed by atoms with Crippen LogP contribution >= 0.6 is 0 Å². The quantitative estimate of drug-likeness (QED) is 0.196. The smallest absolute Gasteiger partial charge is 0.272 e. The number of rotatable bonds is 8. The number of carbonyl (C=O) groups is 2. The summed E-state index contributed by atoms with van der Waals surface area (Å²) in [5.41, 5.74) is 6.02. The summed E-state index contributed by atoms with van der Waals surface area (Å²) in [5.74, 6) is -0.505. The van der Waals surface area contributed by atoms with Crippen LogP contribution in [0, 0.1) is 26.6 Å². The van der Waals surface area contributed by atoms with Gasteiger partial charge in [0.25, 0.3) is 22.9 Å². The fourth-order valence-electron chi connectivity index (χ4n) is 6.85. The number of H-pyrrole nitrogens is 2. The van der Waals surface area contributed by atoms with Gasteiger partial charge in [-0.25, -0.2) is 14.5 Å². The van der Waals surface area contributed by atoms with E-state index in [1.807, 2.05) is 63.2 Å². The number of benzene rings is 3. The number of carbonyl (C=O) groups excluding carboxylic acids is 2. The summed E-state index contributed by atoms with van der Waals surface area (Å²) in [6.45, 7) is 7.53. The predicted molar refractivity (Wildman–Crippen MR) is 202 cm³/mol. The van der Waals surface area contributed by atoms with Crippen LogP contribution in [0.15, 0.2) is 94.6 Å². The van der Waals surface area contributed by atoms with E-state index < -0.39 is 5.82 Å². The molecule has 53 heavy (non-hydrogen) atoms. The second-order valence-electron chi connectivity index (χ2n) is 13.4. The highest BCUT2D eigenvalue weighted by Gasteiger charge is 2.25. The fraction of sp³-hybridized carbons (Fsp3) is 0.220. The van der Waals surface area contributed by atoms with Crippen molar-refractivity contribution in [3.05, 3.63) is 156 Å². The number of hydrogen-bond acceptors (Lipinski definition) is 7. The Balaban J connectivity index is 0.988. The summed E-state index contributed by atoms with van der Waals surface area (Å²) in [7, 11) is 0. The molecule has 0 aliphatic carbocycles. The van der Waals surface area contributed by atoms with Crippen LogP contribution in [0.3, 0.4) is 0 Å². The summed E-state index contributed by atoms with van der Waals surface area (Å²) in [6.07, 6.45) is 2.08. The summed E-state index contributed by atoms with van der Waals surface area (Å²) < 4.78 is 15.0. The first-order chi connectivity index (χ1) is 25.5. The van der Waals surface area contributed by atoms with Crippen molar-refractivity contribution in [3.8, 4) is 11.1 Å². The number of aromatic amines is 2. The van der Waals surface area contributed by atoms with Gasteiger partial charge in [0.15, 0.2) is 0 Å². The van der Waals surface area contributed by atoms with Gasteiger partial charge in [0.2, 0.25) is 0 Å². The maximum Gasteiger partial charge on any atom is 0.272 e. The first-order valence-corrected chi connectivity index (χ1v) is 17.4. The van der Waals surface area contributed by atoms with Crippen LogP contribution in [0.2, 0.25) is 0 Å². The number of anilines is 1. The number of hydrogen-bond donors (Lipinski definition) is 3. The molecule has 1 aliphatic heterocycles. The molecule has 7 rings (SSSR count). The Bertz CT molecular complexity index is 2480. The second-order valence-corrected chi connectivity index (χ2v) is 13.4. The molecule has 1 aliphatic rings. The third-order valence-electron chi connectivity index (χ3n) is 9.64. The van der Waals surface area contributed by atoms with Gasteiger partial charge in [-0.1, -0.05) is 30.3 Å². The van der Waals surface area contributed by atoms with E-state index in [0.717, 1.165) is 33.8 Å². The van der Waals surface area contributed by atoms with Crippen LogP contribution in [-0.4, -0.2) is 63.1 Å². The standard InChI is InChI=1S/C41H38FN7O4/c1-24-16-29(21-30(17-24)38(50)44-23-34-25(2)18-26(3)45-39(34)51)28-9-11-37(43-22-28)48-12-14-49(15-13-48)41(53)33-19-27(8-10-35(33)42)20-36-31-6-4-5-7-32(31)40(52)47-46-36/h4-11,16-19,21-22H,12-15,20,23H2,1-3H3,(H,44,50)(H,45,51)(H,47,52). The lowest BCUT2D eigenvalue weighted by Gasteiger charge is -2.35. The zero-order valence-corrected chi connectivity index (χ0v) is 29.6. The molecule has 4 heterocycles. The van der Waals surface area contributed by atoms with E-state index >= 15 is 4.39 Å². The summed E-state index contributed by atoms with van der Waals surface area (Å²) in [5, 5.41) is 10.9. The van der Waals surface area contributed by atoms with Crippen molar-refractivity contribution >= 4 is 28.4 Å². The van der Waals surface area contributed by atoms with Crippen molar-refractivity contribution in [3.63, 3.8) is 0 Å². The molecule has 3 N–H and O–H groups in total. The average molecular weight is 712 g/mol. The summed E-state index contributed by atoms with van der Waals surface area (Å²) in [4.78, 5) is 62.5. The van der Waals surface area contributed by atoms with Gasteiger partial charge >= 0.3 is 0 Å². The van der Waals surface area contributed by atoms with Gasteiger partial charge in [-0.05, 0) is 91.6 Å². The number of aryl methyl sites for hydroxylation is 3. The van der Waals surface area contributed by atoms with Crippen molar-refractivity contribution in [2.75, 3.05) is 31.1 Å². The molecule has 2 amide bonds. The molecule has 3 aromatic heterocycles. The van der Waals surface area contributed by atoms with Gasteiger partial charge in [0.05, 0.1) is 16.6 Å². The van der Waals surface area contributed by atoms with Gasteiger partial charge in [-0.2, -0.15) is 5.10 Å². The van der Waals surface area contributed by atoms with Gasteiger partial charge in [0, 0.05) is 73.1 Å². The maximum absolute atomic E-state index is 15.0. The van der Waals surface area contributed by atoms with Gasteiger partial charge in [-0.15, -0.1) is 0 Å². The Morgan fingerprint density at radius 1 is 0.849 bits per heavy atom. The van der Waals surface area contributed by atoms with Crippen molar-refractivity contribution in [2.24, 2.45) is 0 Å². The average Bonchev–Trinajstić information content (AvgIpc) is 3.16. The summed E-state index contributed by atoms with van der Waals surface area (Å²) in [6, 6.07) is 23.0. The number of amides is 2. The van der Waals surface area contributed by atoms with Crippen LogP contribution in [0.4, 0.5) is 10.2 Å². The minimum Gasteiger partial charge on any atom is -0.353 e. The molecule has 0 saturated carbocycles. The van der Waals surface area contributed by atoms with Crippen molar-refractivity contribution < 1.29 is 14.0 Å². The van der Waals surface area contributed by atoms with Crippen LogP contribution in [0.25, 0.3) is 21.9 Å². The van der Waals surface area contributed by atoms with E-state index in [2.05, 4.69) is 25.4 Å². The van der Waals surface area contributed by atoms with E-state index in [-0.39, 0.29) is 35.0 Å². The van der Waals surface area contributed by atoms with Crippen molar-refractivity contribution in [2.45, 2.75) is 33.7 Å². The highest BCUT2D eigenvalue weighted by atomic mass is 19.1. The molecule has 3 aromatic carbocycles. The minimum absolute atomic E-state index is 0.00251. The Kier molecular flexibility index (Phi) is 9.68. The van der Waals surface area contributed by atoms with Gasteiger partial charge in [-0.3, -0.25) is 19.2 Å². The van der Waals surface area contributed by atoms with E-state index in [4.69, 9.17) is 4.98 Å². The Hall–Kier alpha value is -6.43. The first kappa shape index (κ1) is 35.0. The molecule has 0 atom stereocenters. The SMILES string of the molecule is Cc1cc(C(=O)NCc2c(C)cc(C)[nH]c2=O)cc(-c2ccc(N3CCN(C(=O)c4cc(Cc5n[nH]c(=O)c6ccccc56)ccc4F)CC3)nc2)c1. The van der Waals surface area contributed by atoms with Crippen molar-refractivity contribution in [1.29, 1.82) is 0 Å². The lowest BCUT2D eigenvalue weighted by molar-refractivity contribution is 0.0741. The molecule has 1 saturated heterocycles. The highest BCUT2D eigenvalue weighted by Crippen LogP contribution is 2.25. The highest BCUT2D eigenvalue weighted by molar-refractivity contribution is 5.96. The lowest BCUT2D eigenvalue weighted by atomic mass is 10.0. The molecule has 12 heteroatoms. The lowest BCUT2D eigenvalue weighted by Crippen LogP contribution is -2.49. The second kappa shape index (κ2) is 14.7. The summed E-state index contributed by atoms with van der Waals surface area (Å²) >= 11 is 0. The molecule has 1 fully saturated rings. The zero-order valence-electron chi connectivity index (χ0n) is 29.6. The third kappa shape index (κ3) is 7.48. The van der Waals surface area contributed by atoms with E-state index in [1.54, 1.807) is 41.4 Å². The predicted octanol–water partition coefficient (Wildman–Crippen LogP) is 5.22. The van der Waals surface area contributed by atoms with E-state index in [1.165, 1.54) is 6.07 Å². The number of nitrogens with zero attached hydrogens (tertiary/aromatic N) is 4. The largest absolute Gasteiger partial charge is 0.353 e. The Morgan fingerprint density at radius 2 is 1.62 bits per heavy atom. The molecule has 0 bridgehead atoms. The topological polar surface area (TPSA) is 144 Å². The Morgan fingerprint density at radius 3 is 2.36 bits per heavy atom. The number of fused-ring (bicyclic) bond motifs is 1. The van der Waals surface area contributed by atoms with Crippen molar-refractivity contribution in [1.82, 2.24) is 30.4 Å². The fourth-order valence-corrected chi connectivity index (χ4v) is 6.85. The third-order valence-corrected chi connectivity index (χ3v) is 9.64. The molecule has 0 radical (unpaired) electrons. The normalized spacial score (nSPS) is 13.0. The Labute approximate surface area is 304 Å². The zero-order chi connectivity index (χ0) is 37.2. The number of pyridine rings is 2. The maximum atomic E-state index is 15.0.